The van der Waals surface area contributed by atoms with Crippen molar-refractivity contribution in [2.24, 2.45) is 5.41 Å². The van der Waals surface area contributed by atoms with Gasteiger partial charge in [0.2, 0.25) is 5.89 Å². The first kappa shape index (κ1) is 14.8. The van der Waals surface area contributed by atoms with Crippen LogP contribution in [-0.2, 0) is 6.54 Å². The van der Waals surface area contributed by atoms with Crippen molar-refractivity contribution < 1.29 is 13.3 Å². The molecule has 1 aromatic carbocycles. The van der Waals surface area contributed by atoms with Crippen LogP contribution >= 0.6 is 0 Å². The molecule has 2 heterocycles. The maximum Gasteiger partial charge on any atom is 0.223 e. The Morgan fingerprint density at radius 3 is 2.57 bits per heavy atom. The third kappa shape index (κ3) is 2.65. The second-order valence-corrected chi connectivity index (χ2v) is 6.77. The van der Waals surface area contributed by atoms with Gasteiger partial charge in [0.05, 0.1) is 0 Å². The molecule has 1 saturated heterocycles. The first-order valence-electron chi connectivity index (χ1n) is 8.03. The molecule has 4 rings (SSSR count). The fourth-order valence-electron chi connectivity index (χ4n) is 3.79. The molecule has 1 atom stereocenters. The van der Waals surface area contributed by atoms with Crippen LogP contribution in [0.25, 0.3) is 0 Å². The third-order valence-corrected chi connectivity index (χ3v) is 5.34. The van der Waals surface area contributed by atoms with Crippen molar-refractivity contribution in [2.45, 2.75) is 38.6 Å². The smallest absolute Gasteiger partial charge is 0.223 e. The molecule has 4 nitrogen and oxygen atoms in total. The molecule has 1 aliphatic heterocycles. The molecule has 0 bridgehead atoms. The molecule has 0 radical (unpaired) electrons. The van der Waals surface area contributed by atoms with Gasteiger partial charge in [0, 0.05) is 24.9 Å². The second kappa shape index (κ2) is 5.37. The molecule has 6 heteroatoms. The highest BCUT2D eigenvalue weighted by Crippen LogP contribution is 2.64. The summed E-state index contributed by atoms with van der Waals surface area (Å²) in [6, 6.07) is 4.04. The van der Waals surface area contributed by atoms with E-state index in [1.807, 2.05) is 0 Å². The number of hydrogen-bond acceptors (Lipinski definition) is 4. The van der Waals surface area contributed by atoms with Crippen molar-refractivity contribution in [3.05, 3.63) is 47.1 Å². The van der Waals surface area contributed by atoms with E-state index < -0.39 is 11.6 Å². The van der Waals surface area contributed by atoms with Crippen molar-refractivity contribution >= 4 is 0 Å². The molecule has 2 aromatic rings. The van der Waals surface area contributed by atoms with Crippen LogP contribution in [0.3, 0.4) is 0 Å². The summed E-state index contributed by atoms with van der Waals surface area (Å²) < 4.78 is 32.6. The number of aromatic nitrogens is 2. The lowest BCUT2D eigenvalue weighted by atomic mass is 9.90. The van der Waals surface area contributed by atoms with E-state index in [-0.39, 0.29) is 11.0 Å². The van der Waals surface area contributed by atoms with Crippen LogP contribution in [0, 0.1) is 24.0 Å². The van der Waals surface area contributed by atoms with E-state index in [0.717, 1.165) is 38.2 Å². The van der Waals surface area contributed by atoms with Gasteiger partial charge in [-0.25, -0.2) is 8.78 Å². The van der Waals surface area contributed by atoms with Gasteiger partial charge in [-0.05, 0) is 49.9 Å². The Bertz CT molecular complexity index is 702. The summed E-state index contributed by atoms with van der Waals surface area (Å²) in [5, 5.41) is 4.04. The van der Waals surface area contributed by atoms with Gasteiger partial charge in [0.15, 0.2) is 5.82 Å². The van der Waals surface area contributed by atoms with Gasteiger partial charge in [-0.1, -0.05) is 11.2 Å². The van der Waals surface area contributed by atoms with E-state index in [2.05, 4.69) is 15.0 Å². The van der Waals surface area contributed by atoms with Crippen molar-refractivity contribution in [3.63, 3.8) is 0 Å². The summed E-state index contributed by atoms with van der Waals surface area (Å²) in [6.07, 6.45) is 3.12. The summed E-state index contributed by atoms with van der Waals surface area (Å²) >= 11 is 0. The van der Waals surface area contributed by atoms with Crippen molar-refractivity contribution in [1.29, 1.82) is 0 Å². The van der Waals surface area contributed by atoms with Crippen molar-refractivity contribution in [1.82, 2.24) is 15.0 Å². The highest BCUT2D eigenvalue weighted by atomic mass is 19.1. The Morgan fingerprint density at radius 2 is 1.96 bits per heavy atom. The predicted octanol–water partition coefficient (Wildman–Crippen LogP) is 3.43. The van der Waals surface area contributed by atoms with Crippen LogP contribution in [-0.4, -0.2) is 28.1 Å². The average Bonchev–Trinajstić information content (AvgIpc) is 3.05. The van der Waals surface area contributed by atoms with Gasteiger partial charge < -0.3 is 4.52 Å². The highest BCUT2D eigenvalue weighted by molar-refractivity contribution is 5.21. The molecule has 0 N–H and O–H groups in total. The molecule has 1 spiro atoms. The Labute approximate surface area is 133 Å². The summed E-state index contributed by atoms with van der Waals surface area (Å²) in [4.78, 5) is 6.47. The van der Waals surface area contributed by atoms with E-state index in [1.165, 1.54) is 18.2 Å². The lowest BCUT2D eigenvalue weighted by Gasteiger charge is -2.32. The monoisotopic (exact) mass is 319 g/mol. The maximum absolute atomic E-state index is 13.8. The minimum absolute atomic E-state index is 0.171. The molecule has 2 aliphatic rings. The average molecular weight is 319 g/mol. The van der Waals surface area contributed by atoms with Crippen LogP contribution in [0.5, 0.6) is 0 Å². The molecular weight excluding hydrogens is 300 g/mol. The lowest BCUT2D eigenvalue weighted by Crippen LogP contribution is -2.35. The highest BCUT2D eigenvalue weighted by Gasteiger charge is 2.57. The van der Waals surface area contributed by atoms with Crippen LogP contribution in [0.2, 0.25) is 0 Å². The number of nitrogens with zero attached hydrogens (tertiary/aromatic N) is 3. The Kier molecular flexibility index (Phi) is 3.44. The Hall–Kier alpha value is -1.82. The summed E-state index contributed by atoms with van der Waals surface area (Å²) in [5.74, 6) is 0.881. The summed E-state index contributed by atoms with van der Waals surface area (Å²) in [7, 11) is 0. The molecule has 1 saturated carbocycles. The topological polar surface area (TPSA) is 42.2 Å². The SMILES string of the molecule is Cc1nc(C2CC23CCN(Cc2c(F)cccc2F)CC3)no1. The number of likely N-dealkylation sites (tertiary alicyclic amines) is 1. The number of rotatable bonds is 3. The number of halogens is 2. The van der Waals surface area contributed by atoms with Crippen LogP contribution in [0.4, 0.5) is 8.78 Å². The Morgan fingerprint density at radius 1 is 1.26 bits per heavy atom. The molecule has 23 heavy (non-hydrogen) atoms. The molecule has 1 aliphatic carbocycles. The van der Waals surface area contributed by atoms with Gasteiger partial charge in [0.1, 0.15) is 11.6 Å². The van der Waals surface area contributed by atoms with Crippen LogP contribution in [0.1, 0.15) is 42.5 Å². The van der Waals surface area contributed by atoms with E-state index in [1.54, 1.807) is 6.92 Å². The quantitative estimate of drug-likeness (QED) is 0.869. The summed E-state index contributed by atoms with van der Waals surface area (Å²) in [6.45, 7) is 3.83. The third-order valence-electron chi connectivity index (χ3n) is 5.34. The molecule has 1 unspecified atom stereocenters. The zero-order valence-electron chi connectivity index (χ0n) is 13.1. The van der Waals surface area contributed by atoms with Gasteiger partial charge in [-0.2, -0.15) is 4.98 Å². The molecule has 1 aromatic heterocycles. The van der Waals surface area contributed by atoms with E-state index in [0.29, 0.717) is 18.4 Å². The molecular formula is C17H19F2N3O. The zero-order chi connectivity index (χ0) is 16.0. The summed E-state index contributed by atoms with van der Waals surface area (Å²) in [5.41, 5.74) is 0.435. The number of hydrogen-bond donors (Lipinski definition) is 0. The number of aryl methyl sites for hydroxylation is 1. The number of piperidine rings is 1. The minimum atomic E-state index is -0.461. The van der Waals surface area contributed by atoms with Gasteiger partial charge in [-0.3, -0.25) is 4.90 Å². The van der Waals surface area contributed by atoms with Gasteiger partial charge in [0.25, 0.3) is 0 Å². The van der Waals surface area contributed by atoms with E-state index in [9.17, 15) is 8.78 Å². The minimum Gasteiger partial charge on any atom is -0.340 e. The predicted molar refractivity (Wildman–Crippen MR) is 79.7 cm³/mol. The second-order valence-electron chi connectivity index (χ2n) is 6.77. The van der Waals surface area contributed by atoms with Gasteiger partial charge >= 0.3 is 0 Å². The van der Waals surface area contributed by atoms with E-state index in [4.69, 9.17) is 4.52 Å². The van der Waals surface area contributed by atoms with E-state index >= 15 is 0 Å². The van der Waals surface area contributed by atoms with Crippen molar-refractivity contribution in [2.75, 3.05) is 13.1 Å². The molecule has 122 valence electrons. The largest absolute Gasteiger partial charge is 0.340 e. The standard InChI is InChI=1S/C17H19F2N3O/c1-11-20-16(21-23-11)13-9-17(13)5-7-22(8-6-17)10-12-14(18)3-2-4-15(12)19/h2-4,13H,5-10H2,1H3. The van der Waals surface area contributed by atoms with Crippen molar-refractivity contribution in [3.8, 4) is 0 Å². The zero-order valence-corrected chi connectivity index (χ0v) is 13.1. The first-order chi connectivity index (χ1) is 11.1. The first-order valence-corrected chi connectivity index (χ1v) is 8.03. The van der Waals surface area contributed by atoms with Crippen LogP contribution in [0.15, 0.2) is 22.7 Å². The maximum atomic E-state index is 13.8. The Balaban J connectivity index is 1.39. The van der Waals surface area contributed by atoms with Gasteiger partial charge in [-0.15, -0.1) is 0 Å². The van der Waals surface area contributed by atoms with Crippen LogP contribution < -0.4 is 0 Å². The molecule has 0 amide bonds. The normalized spacial score (nSPS) is 23.3. The fraction of sp³-hybridized carbons (Fsp3) is 0.529. The number of benzene rings is 1. The fourth-order valence-corrected chi connectivity index (χ4v) is 3.79. The lowest BCUT2D eigenvalue weighted by molar-refractivity contribution is 0.158. The molecule has 2 fully saturated rings.